The molecule has 0 aliphatic heterocycles. The Kier molecular flexibility index (Phi) is 2.37. The van der Waals surface area contributed by atoms with Gasteiger partial charge in [-0.2, -0.15) is 0 Å². The number of carboxylic acids is 1. The van der Waals surface area contributed by atoms with Crippen molar-refractivity contribution in [3.05, 3.63) is 23.5 Å². The van der Waals surface area contributed by atoms with E-state index in [0.717, 1.165) is 12.8 Å². The van der Waals surface area contributed by atoms with Crippen LogP contribution in [0, 0.1) is 0 Å². The topological polar surface area (TPSA) is 76.5 Å². The summed E-state index contributed by atoms with van der Waals surface area (Å²) < 4.78 is 5.37. The first-order chi connectivity index (χ1) is 7.22. The molecule has 1 aromatic heterocycles. The van der Waals surface area contributed by atoms with Crippen molar-refractivity contribution in [3.8, 4) is 5.75 Å². The van der Waals surface area contributed by atoms with Crippen LogP contribution < -0.4 is 4.74 Å². The number of aromatic nitrogens is 1. The number of rotatable bonds is 4. The van der Waals surface area contributed by atoms with Gasteiger partial charge in [-0.15, -0.1) is 0 Å². The van der Waals surface area contributed by atoms with Crippen LogP contribution in [0.5, 0.6) is 5.75 Å². The van der Waals surface area contributed by atoms with Crippen LogP contribution in [0.4, 0.5) is 0 Å². The zero-order valence-corrected chi connectivity index (χ0v) is 7.84. The number of pyridine rings is 1. The van der Waals surface area contributed by atoms with Crippen LogP contribution in [0.25, 0.3) is 0 Å². The molecule has 0 radical (unpaired) electrons. The highest BCUT2D eigenvalue weighted by Crippen LogP contribution is 2.30. The largest absolute Gasteiger partial charge is 0.487 e. The Bertz CT molecular complexity index is 412. The molecule has 0 unspecified atom stereocenters. The third-order valence-electron chi connectivity index (χ3n) is 2.07. The predicted molar refractivity (Wildman–Crippen MR) is 50.2 cm³/mol. The first-order valence-corrected chi connectivity index (χ1v) is 4.56. The summed E-state index contributed by atoms with van der Waals surface area (Å²) in [5.41, 5.74) is 0.0285. The van der Waals surface area contributed by atoms with Crippen molar-refractivity contribution in [1.29, 1.82) is 0 Å². The standard InChI is InChI=1S/C10H9NO4/c12-5-6-3-4-11-8(10(13)14)9(6)15-7-1-2-7/h3-5,7H,1-2H2,(H,13,14). The minimum absolute atomic E-state index is 0.0333. The number of aromatic carboxylic acids is 1. The van der Waals surface area contributed by atoms with Gasteiger partial charge in [-0.1, -0.05) is 0 Å². The second-order valence-corrected chi connectivity index (χ2v) is 3.32. The molecule has 0 atom stereocenters. The number of carboxylic acid groups (broad SMARTS) is 1. The average molecular weight is 207 g/mol. The lowest BCUT2D eigenvalue weighted by atomic mass is 10.2. The van der Waals surface area contributed by atoms with Gasteiger partial charge < -0.3 is 9.84 Å². The summed E-state index contributed by atoms with van der Waals surface area (Å²) in [6.45, 7) is 0. The van der Waals surface area contributed by atoms with Crippen molar-refractivity contribution >= 4 is 12.3 Å². The molecule has 1 aliphatic carbocycles. The Morgan fingerprint density at radius 2 is 2.33 bits per heavy atom. The van der Waals surface area contributed by atoms with Crippen LogP contribution in [-0.2, 0) is 0 Å². The molecule has 0 bridgehead atoms. The molecular weight excluding hydrogens is 198 g/mol. The fourth-order valence-corrected chi connectivity index (χ4v) is 1.18. The number of nitrogens with zero attached hydrogens (tertiary/aromatic N) is 1. The zero-order chi connectivity index (χ0) is 10.8. The van der Waals surface area contributed by atoms with Gasteiger partial charge in [-0.05, 0) is 18.9 Å². The monoisotopic (exact) mass is 207 g/mol. The Morgan fingerprint density at radius 1 is 1.60 bits per heavy atom. The van der Waals surface area contributed by atoms with Crippen molar-refractivity contribution in [1.82, 2.24) is 4.98 Å². The molecule has 1 fully saturated rings. The van der Waals surface area contributed by atoms with E-state index in [4.69, 9.17) is 9.84 Å². The third-order valence-corrected chi connectivity index (χ3v) is 2.07. The lowest BCUT2D eigenvalue weighted by Crippen LogP contribution is -2.09. The molecule has 0 saturated heterocycles. The highest BCUT2D eigenvalue weighted by atomic mass is 16.5. The van der Waals surface area contributed by atoms with E-state index in [1.807, 2.05) is 0 Å². The van der Waals surface area contributed by atoms with Crippen LogP contribution in [0.2, 0.25) is 0 Å². The Balaban J connectivity index is 2.42. The quantitative estimate of drug-likeness (QED) is 0.749. The smallest absolute Gasteiger partial charge is 0.358 e. The van der Waals surface area contributed by atoms with Gasteiger partial charge in [0.05, 0.1) is 11.7 Å². The van der Waals surface area contributed by atoms with Gasteiger partial charge in [0.25, 0.3) is 0 Å². The van der Waals surface area contributed by atoms with E-state index >= 15 is 0 Å². The fraction of sp³-hybridized carbons (Fsp3) is 0.300. The molecule has 15 heavy (non-hydrogen) atoms. The first kappa shape index (κ1) is 9.64. The number of aldehydes is 1. The first-order valence-electron chi connectivity index (χ1n) is 4.56. The van der Waals surface area contributed by atoms with Crippen LogP contribution in [0.3, 0.4) is 0 Å². The number of hydrogen-bond donors (Lipinski definition) is 1. The predicted octanol–water partition coefficient (Wildman–Crippen LogP) is 1.13. The molecule has 78 valence electrons. The van der Waals surface area contributed by atoms with E-state index in [2.05, 4.69) is 4.98 Å². The summed E-state index contributed by atoms with van der Waals surface area (Å²) in [6, 6.07) is 1.44. The Hall–Kier alpha value is -1.91. The van der Waals surface area contributed by atoms with Crippen LogP contribution in [0.1, 0.15) is 33.7 Å². The van der Waals surface area contributed by atoms with Crippen molar-refractivity contribution < 1.29 is 19.4 Å². The molecule has 2 rings (SSSR count). The Morgan fingerprint density at radius 3 is 2.87 bits per heavy atom. The maximum Gasteiger partial charge on any atom is 0.358 e. The molecule has 0 spiro atoms. The number of carbonyl (C=O) groups is 2. The van der Waals surface area contributed by atoms with E-state index in [1.165, 1.54) is 12.3 Å². The van der Waals surface area contributed by atoms with Gasteiger partial charge >= 0.3 is 5.97 Å². The minimum Gasteiger partial charge on any atom is -0.487 e. The van der Waals surface area contributed by atoms with Crippen molar-refractivity contribution in [3.63, 3.8) is 0 Å². The number of hydrogen-bond acceptors (Lipinski definition) is 4. The third kappa shape index (κ3) is 1.96. The van der Waals surface area contributed by atoms with Crippen molar-refractivity contribution in [2.75, 3.05) is 0 Å². The molecule has 1 heterocycles. The normalized spacial score (nSPS) is 14.7. The van der Waals surface area contributed by atoms with E-state index in [-0.39, 0.29) is 23.1 Å². The maximum absolute atomic E-state index is 10.8. The van der Waals surface area contributed by atoms with Crippen molar-refractivity contribution in [2.45, 2.75) is 18.9 Å². The van der Waals surface area contributed by atoms with Crippen LogP contribution in [-0.4, -0.2) is 28.4 Å². The molecule has 0 aromatic carbocycles. The molecule has 5 nitrogen and oxygen atoms in total. The number of ether oxygens (including phenoxy) is 1. The highest BCUT2D eigenvalue weighted by Gasteiger charge is 2.27. The lowest BCUT2D eigenvalue weighted by Gasteiger charge is -2.08. The molecule has 5 heteroatoms. The summed E-state index contributed by atoms with van der Waals surface area (Å²) in [7, 11) is 0. The van der Waals surface area contributed by atoms with Gasteiger partial charge in [0.1, 0.15) is 0 Å². The zero-order valence-electron chi connectivity index (χ0n) is 7.84. The molecule has 1 saturated carbocycles. The van der Waals surface area contributed by atoms with E-state index in [0.29, 0.717) is 6.29 Å². The second kappa shape index (κ2) is 3.68. The van der Waals surface area contributed by atoms with Crippen LogP contribution in [0.15, 0.2) is 12.3 Å². The van der Waals surface area contributed by atoms with Gasteiger partial charge in [0.15, 0.2) is 17.7 Å². The summed E-state index contributed by atoms with van der Waals surface area (Å²) in [4.78, 5) is 25.2. The SMILES string of the molecule is O=Cc1ccnc(C(=O)O)c1OC1CC1. The Labute approximate surface area is 85.7 Å². The highest BCUT2D eigenvalue weighted by molar-refractivity contribution is 5.93. The summed E-state index contributed by atoms with van der Waals surface area (Å²) in [5.74, 6) is -1.10. The van der Waals surface area contributed by atoms with Crippen molar-refractivity contribution in [2.24, 2.45) is 0 Å². The van der Waals surface area contributed by atoms with E-state index in [9.17, 15) is 9.59 Å². The summed E-state index contributed by atoms with van der Waals surface area (Å²) in [5, 5.41) is 8.86. The molecule has 1 aromatic rings. The molecule has 1 aliphatic rings. The summed E-state index contributed by atoms with van der Waals surface area (Å²) >= 11 is 0. The van der Waals surface area contributed by atoms with E-state index < -0.39 is 5.97 Å². The fourth-order valence-electron chi connectivity index (χ4n) is 1.18. The lowest BCUT2D eigenvalue weighted by molar-refractivity contribution is 0.0685. The molecule has 1 N–H and O–H groups in total. The van der Waals surface area contributed by atoms with Gasteiger partial charge in [-0.25, -0.2) is 9.78 Å². The molecule has 0 amide bonds. The molecular formula is C10H9NO4. The summed E-state index contributed by atoms with van der Waals surface area (Å²) in [6.07, 6.45) is 3.68. The van der Waals surface area contributed by atoms with Gasteiger partial charge in [0.2, 0.25) is 0 Å². The average Bonchev–Trinajstić information content (AvgIpc) is 3.01. The van der Waals surface area contributed by atoms with Gasteiger partial charge in [-0.3, -0.25) is 4.79 Å². The van der Waals surface area contributed by atoms with Crippen LogP contribution >= 0.6 is 0 Å². The second-order valence-electron chi connectivity index (χ2n) is 3.32. The van der Waals surface area contributed by atoms with E-state index in [1.54, 1.807) is 0 Å². The number of carbonyl (C=O) groups excluding carboxylic acids is 1. The van der Waals surface area contributed by atoms with Gasteiger partial charge in [0, 0.05) is 6.20 Å². The minimum atomic E-state index is -1.19. The maximum atomic E-state index is 10.8.